The van der Waals surface area contributed by atoms with E-state index >= 15 is 0 Å². The van der Waals surface area contributed by atoms with E-state index in [0.29, 0.717) is 32.4 Å². The second kappa shape index (κ2) is 10.5. The number of aryl methyl sites for hydroxylation is 1. The molecular formula is C25H21F6N7O3. The Morgan fingerprint density at radius 3 is 2.37 bits per heavy atom. The normalized spacial score (nSPS) is 14.5. The number of nitrogens with zero attached hydrogens (tertiary/aromatic N) is 6. The van der Waals surface area contributed by atoms with Crippen LogP contribution in [0.4, 0.5) is 32.0 Å². The first-order valence-corrected chi connectivity index (χ1v) is 12.3. The van der Waals surface area contributed by atoms with Crippen molar-refractivity contribution in [2.75, 3.05) is 31.6 Å². The lowest BCUT2D eigenvalue weighted by molar-refractivity contribution is -0.291. The molecule has 0 atom stereocenters. The van der Waals surface area contributed by atoms with Crippen molar-refractivity contribution in [3.63, 3.8) is 0 Å². The predicted octanol–water partition coefficient (Wildman–Crippen LogP) is 4.13. The summed E-state index contributed by atoms with van der Waals surface area (Å²) >= 11 is 0. The summed E-state index contributed by atoms with van der Waals surface area (Å²) in [4.78, 5) is 31.9. The van der Waals surface area contributed by atoms with Crippen LogP contribution < -0.4 is 5.32 Å². The number of ether oxygens (including phenoxy) is 1. The Bertz CT molecular complexity index is 1610. The fourth-order valence-electron chi connectivity index (χ4n) is 4.27. The maximum Gasteiger partial charge on any atom is 0.459 e. The molecule has 0 unspecified atom stereocenters. The van der Waals surface area contributed by atoms with Gasteiger partial charge in [0.15, 0.2) is 11.3 Å². The smallest absolute Gasteiger partial charge is 0.378 e. The number of anilines is 1. The van der Waals surface area contributed by atoms with Crippen molar-refractivity contribution in [3.8, 4) is 11.3 Å². The average molecular weight is 581 g/mol. The van der Waals surface area contributed by atoms with E-state index in [1.54, 1.807) is 6.92 Å². The van der Waals surface area contributed by atoms with Crippen molar-refractivity contribution in [1.82, 2.24) is 29.3 Å². The fraction of sp³-hybridized carbons (Fsp3) is 0.320. The molecule has 1 aliphatic rings. The minimum atomic E-state index is -6.00. The molecule has 41 heavy (non-hydrogen) atoms. The van der Waals surface area contributed by atoms with Crippen LogP contribution in [0.15, 0.2) is 42.6 Å². The van der Waals surface area contributed by atoms with Crippen molar-refractivity contribution in [2.45, 2.75) is 25.6 Å². The standard InChI is InChI=1S/C25H21F6N7O3/c1-2-37-21(23(40)36-7-9-41-10-8-36)18(13-32-37)34-22(39)17-12-20-33-16(14-3-5-15(26)6-4-14)11-19(38(20)35-17)24(27,28)25(29,30)31/h3-6,11-13H,2,7-10H2,1H3,(H,34,39). The molecule has 1 fully saturated rings. The van der Waals surface area contributed by atoms with Crippen molar-refractivity contribution < 1.29 is 40.7 Å². The highest BCUT2D eigenvalue weighted by molar-refractivity contribution is 6.07. The van der Waals surface area contributed by atoms with Crippen molar-refractivity contribution in [1.29, 1.82) is 0 Å². The number of halogens is 6. The van der Waals surface area contributed by atoms with E-state index in [1.807, 2.05) is 0 Å². The molecule has 0 radical (unpaired) electrons. The summed E-state index contributed by atoms with van der Waals surface area (Å²) in [7, 11) is 0. The van der Waals surface area contributed by atoms with Crippen molar-refractivity contribution >= 4 is 23.1 Å². The monoisotopic (exact) mass is 581 g/mol. The molecule has 0 spiro atoms. The first-order chi connectivity index (χ1) is 19.4. The van der Waals surface area contributed by atoms with Crippen LogP contribution in [0.3, 0.4) is 0 Å². The third-order valence-corrected chi connectivity index (χ3v) is 6.37. The number of carbonyl (C=O) groups excluding carboxylic acids is 2. The van der Waals surface area contributed by atoms with Gasteiger partial charge in [0.2, 0.25) is 0 Å². The highest BCUT2D eigenvalue weighted by Crippen LogP contribution is 2.44. The van der Waals surface area contributed by atoms with E-state index in [1.165, 1.54) is 15.8 Å². The van der Waals surface area contributed by atoms with Crippen molar-refractivity contribution in [3.05, 3.63) is 65.5 Å². The first-order valence-electron chi connectivity index (χ1n) is 12.3. The van der Waals surface area contributed by atoms with Crippen LogP contribution in [0.2, 0.25) is 0 Å². The van der Waals surface area contributed by atoms with Gasteiger partial charge in [0.05, 0.1) is 30.8 Å². The lowest BCUT2D eigenvalue weighted by atomic mass is 10.1. The highest BCUT2D eigenvalue weighted by atomic mass is 19.4. The number of amides is 2. The van der Waals surface area contributed by atoms with Gasteiger partial charge in [0, 0.05) is 31.3 Å². The molecule has 2 amide bonds. The lowest BCUT2D eigenvalue weighted by Crippen LogP contribution is -2.41. The van der Waals surface area contributed by atoms with Gasteiger partial charge in [-0.15, -0.1) is 0 Å². The lowest BCUT2D eigenvalue weighted by Gasteiger charge is -2.27. The minimum Gasteiger partial charge on any atom is -0.378 e. The molecule has 10 nitrogen and oxygen atoms in total. The predicted molar refractivity (Wildman–Crippen MR) is 131 cm³/mol. The number of rotatable bonds is 6. The number of fused-ring (bicyclic) bond motifs is 1. The number of benzene rings is 1. The number of aromatic nitrogens is 5. The Morgan fingerprint density at radius 1 is 1.05 bits per heavy atom. The number of morpholine rings is 1. The van der Waals surface area contributed by atoms with E-state index < -0.39 is 46.8 Å². The molecule has 1 N–H and O–H groups in total. The largest absolute Gasteiger partial charge is 0.459 e. The van der Waals surface area contributed by atoms with Crippen LogP contribution in [0.5, 0.6) is 0 Å². The van der Waals surface area contributed by atoms with Gasteiger partial charge in [-0.3, -0.25) is 14.3 Å². The van der Waals surface area contributed by atoms with E-state index in [2.05, 4.69) is 20.5 Å². The van der Waals surface area contributed by atoms with Gasteiger partial charge in [0.25, 0.3) is 11.8 Å². The Morgan fingerprint density at radius 2 is 1.73 bits per heavy atom. The van der Waals surface area contributed by atoms with Gasteiger partial charge >= 0.3 is 12.1 Å². The summed E-state index contributed by atoms with van der Waals surface area (Å²) in [6.07, 6.45) is -4.78. The Balaban J connectivity index is 1.55. The second-order valence-corrected chi connectivity index (χ2v) is 8.99. The molecule has 4 heterocycles. The van der Waals surface area contributed by atoms with Crippen LogP contribution in [0, 0.1) is 5.82 Å². The number of alkyl halides is 5. The molecule has 1 saturated heterocycles. The molecule has 216 valence electrons. The molecule has 16 heteroatoms. The molecular weight excluding hydrogens is 560 g/mol. The van der Waals surface area contributed by atoms with Gasteiger partial charge in [-0.1, -0.05) is 0 Å². The molecule has 0 saturated carbocycles. The zero-order chi connectivity index (χ0) is 29.5. The third kappa shape index (κ3) is 5.21. The van der Waals surface area contributed by atoms with E-state index in [4.69, 9.17) is 4.74 Å². The molecule has 5 rings (SSSR count). The van der Waals surface area contributed by atoms with E-state index in [9.17, 15) is 35.9 Å². The van der Waals surface area contributed by atoms with Crippen LogP contribution in [-0.4, -0.2) is 73.6 Å². The molecule has 4 aromatic rings. The maximum absolute atomic E-state index is 14.6. The van der Waals surface area contributed by atoms with E-state index in [0.717, 1.165) is 30.3 Å². The summed E-state index contributed by atoms with van der Waals surface area (Å²) in [6, 6.07) is 5.70. The van der Waals surface area contributed by atoms with Gasteiger partial charge < -0.3 is 15.0 Å². The Kier molecular flexibility index (Phi) is 7.19. The van der Waals surface area contributed by atoms with Gasteiger partial charge in [-0.05, 0) is 37.3 Å². The summed E-state index contributed by atoms with van der Waals surface area (Å²) in [5.74, 6) is -7.48. The van der Waals surface area contributed by atoms with Gasteiger partial charge in [0.1, 0.15) is 17.2 Å². The number of hydrogen-bond acceptors (Lipinski definition) is 6. The topological polar surface area (TPSA) is 107 Å². The molecule has 1 aromatic carbocycles. The Labute approximate surface area is 227 Å². The summed E-state index contributed by atoms with van der Waals surface area (Å²) < 4.78 is 89.7. The maximum atomic E-state index is 14.6. The average Bonchev–Trinajstić information content (AvgIpc) is 3.56. The number of hydrogen-bond donors (Lipinski definition) is 1. The Hall–Kier alpha value is -4.47. The quantitative estimate of drug-likeness (QED) is 0.344. The number of nitrogens with one attached hydrogen (secondary N) is 1. The minimum absolute atomic E-state index is 0.00815. The highest BCUT2D eigenvalue weighted by Gasteiger charge is 2.60. The third-order valence-electron chi connectivity index (χ3n) is 6.37. The van der Waals surface area contributed by atoms with Crippen LogP contribution in [0.25, 0.3) is 16.9 Å². The van der Waals surface area contributed by atoms with E-state index in [-0.39, 0.29) is 33.7 Å². The fourth-order valence-corrected chi connectivity index (χ4v) is 4.27. The van der Waals surface area contributed by atoms with Crippen LogP contribution in [-0.2, 0) is 17.2 Å². The van der Waals surface area contributed by atoms with Gasteiger partial charge in [-0.25, -0.2) is 13.9 Å². The zero-order valence-corrected chi connectivity index (χ0v) is 21.3. The summed E-state index contributed by atoms with van der Waals surface area (Å²) in [5, 5.41) is 10.2. The summed E-state index contributed by atoms with van der Waals surface area (Å²) in [6.45, 7) is 3.28. The first kappa shape index (κ1) is 28.1. The molecule has 1 aliphatic heterocycles. The molecule has 0 aliphatic carbocycles. The number of carbonyl (C=O) groups is 2. The molecule has 3 aromatic heterocycles. The van der Waals surface area contributed by atoms with Crippen LogP contribution in [0.1, 0.15) is 33.6 Å². The van der Waals surface area contributed by atoms with Gasteiger partial charge in [-0.2, -0.15) is 32.1 Å². The second-order valence-electron chi connectivity index (χ2n) is 8.99. The zero-order valence-electron chi connectivity index (χ0n) is 21.3. The summed E-state index contributed by atoms with van der Waals surface area (Å²) in [5.41, 5.74) is -2.88. The van der Waals surface area contributed by atoms with Crippen molar-refractivity contribution in [2.24, 2.45) is 0 Å². The molecule has 0 bridgehead atoms. The van der Waals surface area contributed by atoms with Crippen LogP contribution >= 0.6 is 0 Å². The SMILES string of the molecule is CCn1ncc(NC(=O)c2cc3nc(-c4ccc(F)cc4)cc(C(F)(F)C(F)(F)F)n3n2)c1C(=O)N1CCOCC1.